The second-order valence-corrected chi connectivity index (χ2v) is 18.9. The summed E-state index contributed by atoms with van der Waals surface area (Å²) in [5, 5.41) is 0. The highest BCUT2D eigenvalue weighted by Gasteiger charge is 2.61. The topological polar surface area (TPSA) is 9.72 Å². The highest BCUT2D eigenvalue weighted by atomic mass is 15.3. The maximum atomic E-state index is 2.88. The second-order valence-electron chi connectivity index (χ2n) is 18.9. The third kappa shape index (κ3) is 4.97. The van der Waals surface area contributed by atoms with Gasteiger partial charge in [-0.1, -0.05) is 112 Å². The number of aryl methyl sites for hydroxylation is 4. The Morgan fingerprint density at radius 2 is 1.21 bits per heavy atom. The molecule has 1 saturated carbocycles. The Morgan fingerprint density at radius 1 is 0.589 bits per heavy atom. The van der Waals surface area contributed by atoms with Gasteiger partial charge in [0.15, 0.2) is 0 Å². The highest BCUT2D eigenvalue weighted by molar-refractivity contribution is 7.00. The summed E-state index contributed by atoms with van der Waals surface area (Å²) in [5.41, 5.74) is 22.5. The normalized spacial score (nSPS) is 20.3. The first-order valence-electron chi connectivity index (χ1n) is 20.8. The quantitative estimate of drug-likeness (QED) is 0.167. The lowest BCUT2D eigenvalue weighted by Gasteiger charge is -2.53. The zero-order valence-electron chi connectivity index (χ0n) is 34.7. The van der Waals surface area contributed by atoms with E-state index < -0.39 is 0 Å². The standard InChI is InChI=1S/C52H54BN3/c1-33-18-21-38(22-19-33)55-45-23-20-36(4)28-43(45)53-44-30-37(50(5,6)7)29-42-49(44)56(52(9)25-11-10-24-51(42,52)8)47-32-41(31-46(55)48(47)53)54(39-16-12-14-34(2)26-39)40-17-13-15-35(3)27-40/h12-23,26-32H,10-11,24-25H2,1-9H3. The predicted molar refractivity (Wildman–Crippen MR) is 241 cm³/mol. The average Bonchev–Trinajstić information content (AvgIpc) is 3.37. The van der Waals surface area contributed by atoms with Gasteiger partial charge in [0, 0.05) is 45.2 Å². The Bertz CT molecular complexity index is 2530. The second kappa shape index (κ2) is 12.1. The number of hydrogen-bond donors (Lipinski definition) is 0. The first-order chi connectivity index (χ1) is 26.8. The monoisotopic (exact) mass is 731 g/mol. The molecule has 0 saturated heterocycles. The van der Waals surface area contributed by atoms with Crippen molar-refractivity contribution in [2.75, 3.05) is 14.7 Å². The summed E-state index contributed by atoms with van der Waals surface area (Å²) >= 11 is 0. The molecular formula is C52H54BN3. The fraction of sp³-hybridized carbons (Fsp3) is 0.308. The van der Waals surface area contributed by atoms with Gasteiger partial charge in [-0.2, -0.15) is 0 Å². The van der Waals surface area contributed by atoms with Crippen molar-refractivity contribution < 1.29 is 0 Å². The van der Waals surface area contributed by atoms with Crippen LogP contribution in [0.2, 0.25) is 0 Å². The van der Waals surface area contributed by atoms with E-state index in [0.717, 1.165) is 0 Å². The summed E-state index contributed by atoms with van der Waals surface area (Å²) in [4.78, 5) is 7.96. The molecule has 10 rings (SSSR count). The van der Waals surface area contributed by atoms with Crippen molar-refractivity contribution in [1.29, 1.82) is 0 Å². The van der Waals surface area contributed by atoms with Crippen LogP contribution in [-0.2, 0) is 10.8 Å². The zero-order chi connectivity index (χ0) is 38.9. The minimum Gasteiger partial charge on any atom is -0.335 e. The van der Waals surface area contributed by atoms with Crippen molar-refractivity contribution in [2.24, 2.45) is 0 Å². The molecule has 1 fully saturated rings. The van der Waals surface area contributed by atoms with E-state index in [1.807, 2.05) is 0 Å². The van der Waals surface area contributed by atoms with Gasteiger partial charge in [0.25, 0.3) is 6.71 Å². The van der Waals surface area contributed by atoms with E-state index in [2.05, 4.69) is 192 Å². The molecule has 0 N–H and O–H groups in total. The molecule has 4 aliphatic rings. The van der Waals surface area contributed by atoms with E-state index >= 15 is 0 Å². The Labute approximate surface area is 335 Å². The zero-order valence-corrected chi connectivity index (χ0v) is 34.7. The third-order valence-corrected chi connectivity index (χ3v) is 14.1. The molecular weight excluding hydrogens is 677 g/mol. The Kier molecular flexibility index (Phi) is 7.64. The molecule has 2 unspecified atom stereocenters. The summed E-state index contributed by atoms with van der Waals surface area (Å²) in [6.45, 7) is 21.4. The number of fused-ring (bicyclic) bond motifs is 7. The lowest BCUT2D eigenvalue weighted by molar-refractivity contribution is 0.195. The summed E-state index contributed by atoms with van der Waals surface area (Å²) in [6.07, 6.45) is 4.90. The predicted octanol–water partition coefficient (Wildman–Crippen LogP) is 12.0. The van der Waals surface area contributed by atoms with Gasteiger partial charge in [-0.05, 0) is 146 Å². The van der Waals surface area contributed by atoms with Crippen LogP contribution in [0.4, 0.5) is 45.5 Å². The van der Waals surface area contributed by atoms with Crippen LogP contribution < -0.4 is 31.1 Å². The van der Waals surface area contributed by atoms with E-state index in [1.165, 1.54) is 115 Å². The van der Waals surface area contributed by atoms with Crippen molar-refractivity contribution in [3.05, 3.63) is 149 Å². The fourth-order valence-electron chi connectivity index (χ4n) is 11.0. The first kappa shape index (κ1) is 35.2. The van der Waals surface area contributed by atoms with E-state index in [-0.39, 0.29) is 23.1 Å². The van der Waals surface area contributed by atoms with E-state index in [0.29, 0.717) is 0 Å². The summed E-state index contributed by atoms with van der Waals surface area (Å²) in [6, 6.07) is 44.7. The van der Waals surface area contributed by atoms with Crippen LogP contribution in [0.25, 0.3) is 0 Å². The molecule has 6 aromatic rings. The molecule has 3 aliphatic heterocycles. The first-order valence-corrected chi connectivity index (χ1v) is 20.8. The van der Waals surface area contributed by atoms with Crippen LogP contribution in [0.3, 0.4) is 0 Å². The molecule has 0 spiro atoms. The SMILES string of the molecule is Cc1ccc(N2c3ccc(C)cc3B3c4cc(C(C)(C)C)cc5c4N(c4cc(N(c6cccc(C)c6)c6cccc(C)c6)cc2c43)C2(C)CCCCC52C)cc1. The van der Waals surface area contributed by atoms with Crippen LogP contribution in [0.15, 0.2) is 115 Å². The molecule has 0 amide bonds. The van der Waals surface area contributed by atoms with E-state index in [4.69, 9.17) is 0 Å². The number of hydrogen-bond acceptors (Lipinski definition) is 3. The molecule has 4 heteroatoms. The van der Waals surface area contributed by atoms with Crippen LogP contribution in [0, 0.1) is 27.7 Å². The van der Waals surface area contributed by atoms with Gasteiger partial charge in [0.2, 0.25) is 0 Å². The molecule has 0 aromatic heterocycles. The lowest BCUT2D eigenvalue weighted by atomic mass is 9.33. The Morgan fingerprint density at radius 3 is 1.88 bits per heavy atom. The summed E-state index contributed by atoms with van der Waals surface area (Å²) in [7, 11) is 0. The molecule has 280 valence electrons. The maximum Gasteiger partial charge on any atom is 0.252 e. The lowest BCUT2D eigenvalue weighted by Crippen LogP contribution is -2.64. The number of benzene rings is 6. The number of anilines is 8. The Balaban J connectivity index is 1.36. The summed E-state index contributed by atoms with van der Waals surface area (Å²) < 4.78 is 0. The van der Waals surface area contributed by atoms with Crippen LogP contribution in [0.5, 0.6) is 0 Å². The summed E-state index contributed by atoms with van der Waals surface area (Å²) in [5.74, 6) is 0. The smallest absolute Gasteiger partial charge is 0.252 e. The average molecular weight is 732 g/mol. The van der Waals surface area contributed by atoms with Gasteiger partial charge in [-0.25, -0.2) is 0 Å². The van der Waals surface area contributed by atoms with Gasteiger partial charge < -0.3 is 14.7 Å². The maximum absolute atomic E-state index is 2.88. The number of nitrogens with zero attached hydrogens (tertiary/aromatic N) is 3. The molecule has 56 heavy (non-hydrogen) atoms. The molecule has 1 aliphatic carbocycles. The van der Waals surface area contributed by atoms with Crippen molar-refractivity contribution in [3.8, 4) is 0 Å². The molecule has 0 bridgehead atoms. The van der Waals surface area contributed by atoms with Crippen LogP contribution in [-0.4, -0.2) is 12.3 Å². The van der Waals surface area contributed by atoms with Crippen molar-refractivity contribution in [2.45, 2.75) is 104 Å². The van der Waals surface area contributed by atoms with Crippen molar-refractivity contribution >= 4 is 68.6 Å². The fourth-order valence-corrected chi connectivity index (χ4v) is 11.0. The highest BCUT2D eigenvalue weighted by Crippen LogP contribution is 2.62. The third-order valence-electron chi connectivity index (χ3n) is 14.1. The largest absolute Gasteiger partial charge is 0.335 e. The molecule has 3 heterocycles. The molecule has 6 aromatic carbocycles. The van der Waals surface area contributed by atoms with Gasteiger partial charge in [-0.15, -0.1) is 0 Å². The van der Waals surface area contributed by atoms with Crippen molar-refractivity contribution in [3.63, 3.8) is 0 Å². The van der Waals surface area contributed by atoms with E-state index in [1.54, 1.807) is 5.56 Å². The van der Waals surface area contributed by atoms with Gasteiger partial charge in [-0.3, -0.25) is 0 Å². The number of rotatable bonds is 4. The van der Waals surface area contributed by atoms with Gasteiger partial charge in [0.1, 0.15) is 0 Å². The molecule has 2 atom stereocenters. The molecule has 3 nitrogen and oxygen atoms in total. The Hall–Kier alpha value is -5.22. The molecule has 0 radical (unpaired) electrons. The van der Waals surface area contributed by atoms with Crippen molar-refractivity contribution in [1.82, 2.24) is 0 Å². The van der Waals surface area contributed by atoms with E-state index in [9.17, 15) is 0 Å². The van der Waals surface area contributed by atoms with Gasteiger partial charge in [0.05, 0.1) is 11.2 Å². The van der Waals surface area contributed by atoms with Gasteiger partial charge >= 0.3 is 0 Å². The minimum absolute atomic E-state index is 0.0197. The van der Waals surface area contributed by atoms with Crippen LogP contribution >= 0.6 is 0 Å². The van der Waals surface area contributed by atoms with Crippen LogP contribution in [0.1, 0.15) is 93.7 Å². The minimum atomic E-state index is -0.0741.